The summed E-state index contributed by atoms with van der Waals surface area (Å²) in [5.41, 5.74) is 1.88. The van der Waals surface area contributed by atoms with Crippen LogP contribution in [0.1, 0.15) is 36.3 Å². The van der Waals surface area contributed by atoms with Crippen molar-refractivity contribution in [2.45, 2.75) is 32.1 Å². The smallest absolute Gasteiger partial charge is 0.312 e. The predicted octanol–water partition coefficient (Wildman–Crippen LogP) is 3.81. The van der Waals surface area contributed by atoms with Gasteiger partial charge >= 0.3 is 5.97 Å². The fraction of sp³-hybridized carbons (Fsp3) is 0.375. The Morgan fingerprint density at radius 1 is 1.43 bits per heavy atom. The molecular weight excluding hydrogens is 284 g/mol. The number of hydrogen-bond donors (Lipinski definition) is 1. The summed E-state index contributed by atoms with van der Waals surface area (Å²) in [5.74, 6) is -1.19. The quantitative estimate of drug-likeness (QED) is 0.933. The number of nitrogens with zero attached hydrogens (tertiary/aromatic N) is 2. The maximum atomic E-state index is 11.4. The number of aromatic nitrogens is 1. The van der Waals surface area contributed by atoms with Crippen molar-refractivity contribution in [1.29, 1.82) is 0 Å². The van der Waals surface area contributed by atoms with Crippen LogP contribution in [-0.4, -0.2) is 22.6 Å². The van der Waals surface area contributed by atoms with E-state index in [0.717, 1.165) is 40.8 Å². The van der Waals surface area contributed by atoms with Crippen molar-refractivity contribution in [2.24, 2.45) is 0 Å². The van der Waals surface area contributed by atoms with E-state index in [4.69, 9.17) is 0 Å². The number of benzene rings is 1. The van der Waals surface area contributed by atoms with E-state index >= 15 is 0 Å². The van der Waals surface area contributed by atoms with Crippen LogP contribution in [0.5, 0.6) is 0 Å². The number of carbonyl (C=O) groups is 1. The van der Waals surface area contributed by atoms with Gasteiger partial charge in [-0.1, -0.05) is 18.2 Å². The zero-order chi connectivity index (χ0) is 14.8. The molecule has 4 nitrogen and oxygen atoms in total. The molecule has 1 aromatic heterocycles. The minimum absolute atomic E-state index is 0.437. The van der Waals surface area contributed by atoms with Gasteiger partial charge in [0.1, 0.15) is 5.92 Å². The van der Waals surface area contributed by atoms with E-state index in [1.807, 2.05) is 18.2 Å². The van der Waals surface area contributed by atoms with Crippen molar-refractivity contribution in [3.63, 3.8) is 0 Å². The van der Waals surface area contributed by atoms with Crippen molar-refractivity contribution in [2.75, 3.05) is 11.4 Å². The van der Waals surface area contributed by atoms with Crippen LogP contribution in [0.2, 0.25) is 0 Å². The molecule has 0 amide bonds. The van der Waals surface area contributed by atoms with Crippen molar-refractivity contribution in [3.8, 4) is 0 Å². The molecular formula is C16H18N2O2S. The zero-order valence-corrected chi connectivity index (χ0v) is 12.8. The molecule has 3 rings (SSSR count). The maximum Gasteiger partial charge on any atom is 0.312 e. The van der Waals surface area contributed by atoms with E-state index in [9.17, 15) is 9.90 Å². The SMILES string of the molecule is CCN(c1ccccc1)c1nc2c(s1)CCCC2C(=O)O. The van der Waals surface area contributed by atoms with Crippen LogP contribution in [-0.2, 0) is 11.2 Å². The summed E-state index contributed by atoms with van der Waals surface area (Å²) in [6.45, 7) is 2.90. The number of carboxylic acids is 1. The van der Waals surface area contributed by atoms with E-state index in [0.29, 0.717) is 6.42 Å². The Labute approximate surface area is 128 Å². The zero-order valence-electron chi connectivity index (χ0n) is 12.0. The van der Waals surface area contributed by atoms with E-state index in [1.54, 1.807) is 11.3 Å². The molecule has 0 aliphatic heterocycles. The lowest BCUT2D eigenvalue weighted by atomic mass is 9.91. The average molecular weight is 302 g/mol. The molecule has 2 aromatic rings. The van der Waals surface area contributed by atoms with Gasteiger partial charge in [0.25, 0.3) is 0 Å². The summed E-state index contributed by atoms with van der Waals surface area (Å²) in [6, 6.07) is 10.1. The molecule has 1 heterocycles. The first kappa shape index (κ1) is 14.1. The van der Waals surface area contributed by atoms with Gasteiger partial charge in [-0.25, -0.2) is 4.98 Å². The number of thiazole rings is 1. The first-order valence-electron chi connectivity index (χ1n) is 7.25. The monoisotopic (exact) mass is 302 g/mol. The maximum absolute atomic E-state index is 11.4. The Hall–Kier alpha value is -1.88. The van der Waals surface area contributed by atoms with Crippen molar-refractivity contribution in [1.82, 2.24) is 4.98 Å². The second-order valence-electron chi connectivity index (χ2n) is 5.17. The van der Waals surface area contributed by atoms with Crippen LogP contribution in [0, 0.1) is 0 Å². The Balaban J connectivity index is 1.98. The molecule has 1 aliphatic carbocycles. The van der Waals surface area contributed by atoms with Crippen LogP contribution in [0.25, 0.3) is 0 Å². The lowest BCUT2D eigenvalue weighted by Crippen LogP contribution is -2.18. The molecule has 1 unspecified atom stereocenters. The summed E-state index contributed by atoms with van der Waals surface area (Å²) in [6.07, 6.45) is 2.58. The Bertz CT molecular complexity index is 639. The molecule has 1 aromatic carbocycles. The van der Waals surface area contributed by atoms with Crippen molar-refractivity contribution in [3.05, 3.63) is 40.9 Å². The highest BCUT2D eigenvalue weighted by Crippen LogP contribution is 2.39. The minimum Gasteiger partial charge on any atom is -0.481 e. The molecule has 110 valence electrons. The van der Waals surface area contributed by atoms with Crippen molar-refractivity contribution >= 4 is 28.1 Å². The largest absolute Gasteiger partial charge is 0.481 e. The van der Waals surface area contributed by atoms with Crippen LogP contribution in [0.3, 0.4) is 0 Å². The van der Waals surface area contributed by atoms with Gasteiger partial charge in [-0.05, 0) is 38.3 Å². The minimum atomic E-state index is -0.754. The first-order valence-corrected chi connectivity index (χ1v) is 8.07. The van der Waals surface area contributed by atoms with Gasteiger partial charge in [-0.15, -0.1) is 11.3 Å². The highest BCUT2D eigenvalue weighted by atomic mass is 32.1. The van der Waals surface area contributed by atoms with Gasteiger partial charge < -0.3 is 10.0 Å². The topological polar surface area (TPSA) is 53.4 Å². The standard InChI is InChI=1S/C16H18N2O2S/c1-2-18(11-7-4-3-5-8-11)16-17-14-12(15(19)20)9-6-10-13(14)21-16/h3-5,7-8,12H,2,6,9-10H2,1H3,(H,19,20). The van der Waals surface area contributed by atoms with E-state index in [2.05, 4.69) is 28.9 Å². The summed E-state index contributed by atoms with van der Waals surface area (Å²) >= 11 is 1.64. The average Bonchev–Trinajstić information content (AvgIpc) is 2.92. The highest BCUT2D eigenvalue weighted by Gasteiger charge is 2.30. The summed E-state index contributed by atoms with van der Waals surface area (Å²) in [7, 11) is 0. The van der Waals surface area contributed by atoms with Crippen LogP contribution in [0.4, 0.5) is 10.8 Å². The molecule has 1 atom stereocenters. The van der Waals surface area contributed by atoms with Crippen LogP contribution in [0.15, 0.2) is 30.3 Å². The molecule has 0 saturated heterocycles. The Morgan fingerprint density at radius 3 is 2.86 bits per heavy atom. The van der Waals surface area contributed by atoms with Gasteiger partial charge in [-0.3, -0.25) is 4.79 Å². The van der Waals surface area contributed by atoms with Gasteiger partial charge in [0.15, 0.2) is 5.13 Å². The number of fused-ring (bicyclic) bond motifs is 1. The first-order chi connectivity index (χ1) is 10.2. The molecule has 1 N–H and O–H groups in total. The van der Waals surface area contributed by atoms with E-state index < -0.39 is 11.9 Å². The lowest BCUT2D eigenvalue weighted by molar-refractivity contribution is -0.139. The van der Waals surface area contributed by atoms with Gasteiger partial charge in [0.2, 0.25) is 0 Å². The number of rotatable bonds is 4. The third-order valence-corrected chi connectivity index (χ3v) is 5.01. The van der Waals surface area contributed by atoms with E-state index in [1.165, 1.54) is 0 Å². The molecule has 1 aliphatic rings. The normalized spacial score (nSPS) is 17.3. The Morgan fingerprint density at radius 2 is 2.19 bits per heavy atom. The molecule has 0 bridgehead atoms. The molecule has 0 spiro atoms. The number of anilines is 2. The number of aliphatic carboxylic acids is 1. The number of para-hydroxylation sites is 1. The third-order valence-electron chi connectivity index (χ3n) is 3.86. The van der Waals surface area contributed by atoms with Crippen molar-refractivity contribution < 1.29 is 9.90 Å². The number of carboxylic acid groups (broad SMARTS) is 1. The molecule has 0 saturated carbocycles. The molecule has 21 heavy (non-hydrogen) atoms. The number of aryl methyl sites for hydroxylation is 1. The summed E-state index contributed by atoms with van der Waals surface area (Å²) in [4.78, 5) is 19.3. The van der Waals surface area contributed by atoms with Gasteiger partial charge in [0.05, 0.1) is 5.69 Å². The highest BCUT2D eigenvalue weighted by molar-refractivity contribution is 7.15. The second kappa shape index (κ2) is 5.85. The second-order valence-corrected chi connectivity index (χ2v) is 6.23. The summed E-state index contributed by atoms with van der Waals surface area (Å²) in [5, 5.41) is 10.3. The fourth-order valence-electron chi connectivity index (χ4n) is 2.80. The molecule has 0 radical (unpaired) electrons. The van der Waals surface area contributed by atoms with E-state index in [-0.39, 0.29) is 0 Å². The number of hydrogen-bond acceptors (Lipinski definition) is 4. The molecule has 5 heteroatoms. The van der Waals surface area contributed by atoms with Crippen LogP contribution < -0.4 is 4.90 Å². The van der Waals surface area contributed by atoms with Gasteiger partial charge in [0, 0.05) is 17.1 Å². The molecule has 0 fully saturated rings. The predicted molar refractivity (Wildman–Crippen MR) is 84.6 cm³/mol. The third kappa shape index (κ3) is 2.65. The summed E-state index contributed by atoms with van der Waals surface area (Å²) < 4.78 is 0. The van der Waals surface area contributed by atoms with Crippen LogP contribution >= 0.6 is 11.3 Å². The Kier molecular flexibility index (Phi) is 3.92. The lowest BCUT2D eigenvalue weighted by Gasteiger charge is -2.19. The van der Waals surface area contributed by atoms with Gasteiger partial charge in [-0.2, -0.15) is 0 Å². The fourth-order valence-corrected chi connectivity index (χ4v) is 4.05.